The standard InChI is InChI=1S/C26H18S6/c1-6-18(27-13-1)25(19-7-2-14-28-19)20-11-12-24(32-20)26(21-8-3-15-29-21,22-9-4-16-30-22)23-10-5-17-31-23/h1-17,24H. The normalized spacial score (nSPS) is 16.1. The molecule has 0 aromatic carbocycles. The van der Waals surface area contributed by atoms with Crippen molar-refractivity contribution in [3.05, 3.63) is 129 Å². The molecule has 5 aromatic rings. The molecule has 0 N–H and O–H groups in total. The Kier molecular flexibility index (Phi) is 5.84. The van der Waals surface area contributed by atoms with Gasteiger partial charge in [-0.15, -0.1) is 68.4 Å². The summed E-state index contributed by atoms with van der Waals surface area (Å²) in [6.07, 6.45) is 4.81. The molecule has 32 heavy (non-hydrogen) atoms. The SMILES string of the molecule is C1=CC(C(c2cccs2)(c2cccs2)c2cccs2)SC1=C(c1cccs1)c1cccs1. The van der Waals surface area contributed by atoms with Gasteiger partial charge in [0.05, 0.1) is 5.41 Å². The molecule has 5 aromatic heterocycles. The fourth-order valence-corrected chi connectivity index (χ4v) is 10.9. The molecule has 1 atom stereocenters. The van der Waals surface area contributed by atoms with Gasteiger partial charge in [0.1, 0.15) is 0 Å². The molecular formula is C26H18S6. The minimum Gasteiger partial charge on any atom is -0.148 e. The Morgan fingerprint density at radius 1 is 0.594 bits per heavy atom. The highest BCUT2D eigenvalue weighted by Crippen LogP contribution is 2.56. The molecule has 1 aliphatic rings. The van der Waals surface area contributed by atoms with Crippen LogP contribution in [0.25, 0.3) is 5.57 Å². The third-order valence-electron chi connectivity index (χ3n) is 5.61. The number of rotatable bonds is 6. The predicted octanol–water partition coefficient (Wildman–Crippen LogP) is 9.46. The van der Waals surface area contributed by atoms with Crippen molar-refractivity contribution < 1.29 is 0 Å². The smallest absolute Gasteiger partial charge is 0.0887 e. The summed E-state index contributed by atoms with van der Waals surface area (Å²) in [4.78, 5) is 8.30. The Morgan fingerprint density at radius 2 is 1.06 bits per heavy atom. The Hall–Kier alpha value is -1.67. The lowest BCUT2D eigenvalue weighted by atomic mass is 9.79. The highest BCUT2D eigenvalue weighted by atomic mass is 32.2. The second kappa shape index (κ2) is 8.93. The van der Waals surface area contributed by atoms with E-state index in [1.165, 1.54) is 34.9 Å². The first-order valence-corrected chi connectivity index (χ1v) is 15.4. The van der Waals surface area contributed by atoms with E-state index in [2.05, 4.69) is 99.7 Å². The lowest BCUT2D eigenvalue weighted by Gasteiger charge is -2.36. The topological polar surface area (TPSA) is 0 Å². The molecular weight excluding hydrogens is 505 g/mol. The quantitative estimate of drug-likeness (QED) is 0.214. The number of hydrogen-bond acceptors (Lipinski definition) is 6. The zero-order valence-electron chi connectivity index (χ0n) is 16.8. The van der Waals surface area contributed by atoms with Crippen LogP contribution >= 0.6 is 68.4 Å². The van der Waals surface area contributed by atoms with Crippen LogP contribution in [0.2, 0.25) is 0 Å². The summed E-state index contributed by atoms with van der Waals surface area (Å²) in [5.74, 6) is 0. The molecule has 6 heteroatoms. The molecule has 6 heterocycles. The summed E-state index contributed by atoms with van der Waals surface area (Å²) in [6, 6.07) is 22.3. The molecule has 0 nitrogen and oxygen atoms in total. The van der Waals surface area contributed by atoms with Crippen LogP contribution in [-0.2, 0) is 5.41 Å². The summed E-state index contributed by atoms with van der Waals surface area (Å²) in [5.41, 5.74) is 1.20. The van der Waals surface area contributed by atoms with Crippen LogP contribution in [0.5, 0.6) is 0 Å². The maximum absolute atomic E-state index is 2.44. The van der Waals surface area contributed by atoms with E-state index in [-0.39, 0.29) is 5.41 Å². The lowest BCUT2D eigenvalue weighted by molar-refractivity contribution is 0.688. The zero-order valence-corrected chi connectivity index (χ0v) is 21.7. The summed E-state index contributed by atoms with van der Waals surface area (Å²) < 4.78 is 0. The van der Waals surface area contributed by atoms with Gasteiger partial charge in [0.25, 0.3) is 0 Å². The van der Waals surface area contributed by atoms with Gasteiger partial charge in [-0.25, -0.2) is 0 Å². The summed E-state index contributed by atoms with van der Waals surface area (Å²) in [7, 11) is 0. The second-order valence-electron chi connectivity index (χ2n) is 7.33. The molecule has 6 rings (SSSR count). The van der Waals surface area contributed by atoms with Gasteiger partial charge in [-0.2, -0.15) is 0 Å². The number of allylic oxidation sites excluding steroid dienone is 1. The number of thioether (sulfide) groups is 1. The average molecular weight is 523 g/mol. The summed E-state index contributed by atoms with van der Waals surface area (Å²) >= 11 is 11.3. The van der Waals surface area contributed by atoms with E-state index in [9.17, 15) is 0 Å². The fourth-order valence-electron chi connectivity index (χ4n) is 4.26. The van der Waals surface area contributed by atoms with E-state index < -0.39 is 0 Å². The van der Waals surface area contributed by atoms with Gasteiger partial charge in [0.15, 0.2) is 0 Å². The largest absolute Gasteiger partial charge is 0.148 e. The lowest BCUT2D eigenvalue weighted by Crippen LogP contribution is -2.36. The number of hydrogen-bond donors (Lipinski definition) is 0. The highest BCUT2D eigenvalue weighted by Gasteiger charge is 2.47. The fraction of sp³-hybridized carbons (Fsp3) is 0.0769. The van der Waals surface area contributed by atoms with Gasteiger partial charge < -0.3 is 0 Å². The van der Waals surface area contributed by atoms with Crippen LogP contribution in [0.4, 0.5) is 0 Å². The first-order chi connectivity index (χ1) is 15.9. The van der Waals surface area contributed by atoms with Crippen LogP contribution in [0.3, 0.4) is 0 Å². The van der Waals surface area contributed by atoms with Crippen molar-refractivity contribution in [1.29, 1.82) is 0 Å². The Labute approximate surface area is 212 Å². The highest BCUT2D eigenvalue weighted by molar-refractivity contribution is 8.04. The second-order valence-corrected chi connectivity index (χ2v) is 13.3. The van der Waals surface area contributed by atoms with Gasteiger partial charge in [-0.3, -0.25) is 0 Å². The van der Waals surface area contributed by atoms with Crippen LogP contribution in [-0.4, -0.2) is 5.25 Å². The van der Waals surface area contributed by atoms with E-state index in [0.717, 1.165) is 0 Å². The van der Waals surface area contributed by atoms with E-state index in [0.29, 0.717) is 5.25 Å². The van der Waals surface area contributed by atoms with E-state index in [4.69, 9.17) is 0 Å². The number of thiophene rings is 5. The maximum Gasteiger partial charge on any atom is 0.0887 e. The van der Waals surface area contributed by atoms with E-state index in [1.807, 2.05) is 68.4 Å². The first kappa shape index (κ1) is 20.9. The summed E-state index contributed by atoms with van der Waals surface area (Å²) in [6.45, 7) is 0. The molecule has 0 bridgehead atoms. The molecule has 0 aliphatic carbocycles. The van der Waals surface area contributed by atoms with Gasteiger partial charge >= 0.3 is 0 Å². The molecule has 1 aliphatic heterocycles. The van der Waals surface area contributed by atoms with Gasteiger partial charge in [0.2, 0.25) is 0 Å². The van der Waals surface area contributed by atoms with Gasteiger partial charge in [0, 0.05) is 40.1 Å². The van der Waals surface area contributed by atoms with Crippen LogP contribution in [0.1, 0.15) is 24.4 Å². The van der Waals surface area contributed by atoms with Crippen LogP contribution in [0, 0.1) is 0 Å². The van der Waals surface area contributed by atoms with Crippen molar-refractivity contribution in [3.63, 3.8) is 0 Å². The van der Waals surface area contributed by atoms with Crippen molar-refractivity contribution in [2.24, 2.45) is 0 Å². The molecule has 0 radical (unpaired) electrons. The Morgan fingerprint density at radius 3 is 1.47 bits per heavy atom. The maximum atomic E-state index is 2.44. The van der Waals surface area contributed by atoms with Crippen molar-refractivity contribution >= 4 is 74.0 Å². The third kappa shape index (κ3) is 3.45. The summed E-state index contributed by atoms with van der Waals surface area (Å²) in [5, 5.41) is 11.3. The first-order valence-electron chi connectivity index (χ1n) is 10.2. The zero-order chi connectivity index (χ0) is 21.4. The molecule has 158 valence electrons. The van der Waals surface area contributed by atoms with Crippen LogP contribution < -0.4 is 0 Å². The van der Waals surface area contributed by atoms with E-state index >= 15 is 0 Å². The average Bonchev–Trinajstić information content (AvgIpc) is 3.67. The van der Waals surface area contributed by atoms with Crippen LogP contribution in [0.15, 0.2) is 105 Å². The Balaban J connectivity index is 1.54. The minimum atomic E-state index is -0.171. The molecule has 0 saturated carbocycles. The molecule has 0 saturated heterocycles. The monoisotopic (exact) mass is 522 g/mol. The van der Waals surface area contributed by atoms with Crippen molar-refractivity contribution in [2.75, 3.05) is 0 Å². The van der Waals surface area contributed by atoms with Gasteiger partial charge in [-0.1, -0.05) is 42.5 Å². The minimum absolute atomic E-state index is 0.171. The Bertz CT molecular complexity index is 1200. The predicted molar refractivity (Wildman–Crippen MR) is 148 cm³/mol. The van der Waals surface area contributed by atoms with Crippen molar-refractivity contribution in [3.8, 4) is 0 Å². The molecule has 0 spiro atoms. The van der Waals surface area contributed by atoms with Gasteiger partial charge in [-0.05, 0) is 57.2 Å². The molecule has 0 fully saturated rings. The van der Waals surface area contributed by atoms with E-state index in [1.54, 1.807) is 0 Å². The molecule has 0 amide bonds. The molecule has 1 unspecified atom stereocenters. The van der Waals surface area contributed by atoms with Crippen molar-refractivity contribution in [2.45, 2.75) is 10.7 Å². The third-order valence-corrected chi connectivity index (χ3v) is 11.8. The van der Waals surface area contributed by atoms with Crippen molar-refractivity contribution in [1.82, 2.24) is 0 Å².